The number of ether oxygens (including phenoxy) is 1. The average molecular weight is 460 g/mol. The van der Waals surface area contributed by atoms with E-state index in [-0.39, 0.29) is 0 Å². The Hall–Kier alpha value is -1.54. The van der Waals surface area contributed by atoms with Gasteiger partial charge in [0.1, 0.15) is 18.7 Å². The first kappa shape index (κ1) is 18.3. The van der Waals surface area contributed by atoms with E-state index in [1.807, 2.05) is 24.3 Å². The molecule has 0 aliphatic rings. The van der Waals surface area contributed by atoms with Gasteiger partial charge >= 0.3 is 0 Å². The van der Waals surface area contributed by atoms with Gasteiger partial charge in [-0.15, -0.1) is 0 Å². The molecular weight excluding hydrogens is 447 g/mol. The largest absolute Gasteiger partial charge is 0.488 e. The van der Waals surface area contributed by atoms with Crippen LogP contribution in [0.2, 0.25) is 10.0 Å². The Labute approximate surface area is 168 Å². The van der Waals surface area contributed by atoms with Crippen LogP contribution in [0, 0.1) is 4.77 Å². The van der Waals surface area contributed by atoms with Crippen LogP contribution in [0.25, 0.3) is 0 Å². The van der Waals surface area contributed by atoms with Crippen molar-refractivity contribution in [3.8, 4) is 5.75 Å². The van der Waals surface area contributed by atoms with Crippen LogP contribution in [0.5, 0.6) is 5.75 Å². The summed E-state index contributed by atoms with van der Waals surface area (Å²) in [5.41, 5.74) is 4.99. The van der Waals surface area contributed by atoms with Gasteiger partial charge in [0, 0.05) is 25.6 Å². The van der Waals surface area contributed by atoms with Crippen LogP contribution in [0.3, 0.4) is 0 Å². The third kappa shape index (κ3) is 4.76. The smallest absolute Gasteiger partial charge is 0.214 e. The second kappa shape index (κ2) is 8.23. The van der Waals surface area contributed by atoms with Gasteiger partial charge in [-0.25, -0.2) is 4.68 Å². The zero-order valence-electron chi connectivity index (χ0n) is 12.8. The maximum absolute atomic E-state index is 6.20. The number of nitrogens with one attached hydrogen (secondary N) is 2. The van der Waals surface area contributed by atoms with Crippen molar-refractivity contribution in [3.63, 3.8) is 0 Å². The molecule has 0 spiro atoms. The molecule has 0 fully saturated rings. The molecule has 0 saturated heterocycles. The molecule has 25 heavy (non-hydrogen) atoms. The van der Waals surface area contributed by atoms with Gasteiger partial charge in [0.15, 0.2) is 0 Å². The Morgan fingerprint density at radius 1 is 1.20 bits per heavy atom. The van der Waals surface area contributed by atoms with Gasteiger partial charge in [0.05, 0.1) is 6.54 Å². The molecule has 3 rings (SSSR count). The second-order valence-electron chi connectivity index (χ2n) is 5.14. The number of benzene rings is 2. The van der Waals surface area contributed by atoms with Gasteiger partial charge in [-0.3, -0.25) is 5.10 Å². The van der Waals surface area contributed by atoms with Crippen LogP contribution in [0.1, 0.15) is 11.1 Å². The molecular formula is C16H13BrCl2N4OS. The van der Waals surface area contributed by atoms with Crippen LogP contribution in [0.4, 0.5) is 0 Å². The topological polar surface area (TPSA) is 54.9 Å². The molecule has 130 valence electrons. The third-order valence-electron chi connectivity index (χ3n) is 3.41. The van der Waals surface area contributed by atoms with Crippen molar-refractivity contribution in [1.29, 1.82) is 0 Å². The number of rotatable bonds is 6. The fraction of sp³-hybridized carbons (Fsp3) is 0.125. The summed E-state index contributed by atoms with van der Waals surface area (Å²) in [5, 5.41) is 7.73. The summed E-state index contributed by atoms with van der Waals surface area (Å²) in [5.74, 6) is 0.747. The molecule has 3 aromatic rings. The Kier molecular flexibility index (Phi) is 6.01. The molecule has 0 saturated carbocycles. The van der Waals surface area contributed by atoms with Crippen LogP contribution in [0.15, 0.2) is 47.2 Å². The number of aromatic nitrogens is 3. The van der Waals surface area contributed by atoms with Gasteiger partial charge in [0.2, 0.25) is 4.77 Å². The molecule has 0 radical (unpaired) electrons. The number of aromatic amines is 1. The maximum Gasteiger partial charge on any atom is 0.214 e. The summed E-state index contributed by atoms with van der Waals surface area (Å²) < 4.78 is 9.03. The summed E-state index contributed by atoms with van der Waals surface area (Å²) in [6.07, 6.45) is 1.58. The molecule has 1 aromatic heterocycles. The second-order valence-corrected chi connectivity index (χ2v) is 7.29. The Morgan fingerprint density at radius 3 is 2.76 bits per heavy atom. The monoisotopic (exact) mass is 458 g/mol. The van der Waals surface area contributed by atoms with E-state index in [9.17, 15) is 0 Å². The van der Waals surface area contributed by atoms with E-state index in [2.05, 4.69) is 31.6 Å². The lowest BCUT2D eigenvalue weighted by Crippen LogP contribution is -2.14. The summed E-state index contributed by atoms with van der Waals surface area (Å²) >= 11 is 20.7. The molecule has 0 aliphatic carbocycles. The zero-order valence-corrected chi connectivity index (χ0v) is 16.7. The fourth-order valence-corrected chi connectivity index (χ4v) is 3.19. The highest BCUT2D eigenvalue weighted by atomic mass is 79.9. The summed E-state index contributed by atoms with van der Waals surface area (Å²) in [7, 11) is 0. The van der Waals surface area contributed by atoms with Crippen LogP contribution >= 0.6 is 51.3 Å². The Balaban J connectivity index is 1.74. The molecule has 0 unspecified atom stereocenters. The van der Waals surface area contributed by atoms with Gasteiger partial charge in [-0.05, 0) is 42.5 Å². The van der Waals surface area contributed by atoms with Crippen molar-refractivity contribution in [2.75, 3.05) is 5.43 Å². The SMILES string of the molecule is S=c1[nH]ncn1NCc1cc(Br)ccc1OCc1ccc(Cl)cc1Cl. The first-order valence-corrected chi connectivity index (χ1v) is 9.19. The molecule has 2 N–H and O–H groups in total. The first-order chi connectivity index (χ1) is 12.0. The van der Waals surface area contributed by atoms with E-state index >= 15 is 0 Å². The van der Waals surface area contributed by atoms with E-state index in [0.717, 1.165) is 21.3 Å². The number of nitrogens with zero attached hydrogens (tertiary/aromatic N) is 2. The highest BCUT2D eigenvalue weighted by molar-refractivity contribution is 9.10. The lowest BCUT2D eigenvalue weighted by atomic mass is 10.2. The lowest BCUT2D eigenvalue weighted by molar-refractivity contribution is 0.303. The van der Waals surface area contributed by atoms with Crippen molar-refractivity contribution in [1.82, 2.24) is 14.9 Å². The maximum atomic E-state index is 6.20. The highest BCUT2D eigenvalue weighted by Crippen LogP contribution is 2.26. The van der Waals surface area contributed by atoms with Gasteiger partial charge < -0.3 is 10.2 Å². The van der Waals surface area contributed by atoms with Crippen molar-refractivity contribution >= 4 is 51.3 Å². The molecule has 5 nitrogen and oxygen atoms in total. The Bertz CT molecular complexity index is 944. The van der Waals surface area contributed by atoms with E-state index in [0.29, 0.717) is 28.0 Å². The fourth-order valence-electron chi connectivity index (χ4n) is 2.15. The first-order valence-electron chi connectivity index (χ1n) is 7.24. The molecule has 9 heteroatoms. The van der Waals surface area contributed by atoms with Crippen LogP contribution < -0.4 is 10.2 Å². The van der Waals surface area contributed by atoms with Crippen molar-refractivity contribution in [2.45, 2.75) is 13.2 Å². The third-order valence-corrected chi connectivity index (χ3v) is 4.78. The quantitative estimate of drug-likeness (QED) is 0.489. The standard InChI is InChI=1S/C16H13BrCl2N4OS/c17-12-2-4-15(24-8-10-1-3-13(18)6-14(10)19)11(5-12)7-21-23-9-20-22-16(23)25/h1-6,9,21H,7-8H2,(H,22,25). The minimum Gasteiger partial charge on any atom is -0.488 e. The molecule has 0 atom stereocenters. The molecule has 0 amide bonds. The summed E-state index contributed by atoms with van der Waals surface area (Å²) in [4.78, 5) is 0. The van der Waals surface area contributed by atoms with Gasteiger partial charge in [-0.2, -0.15) is 5.10 Å². The van der Waals surface area contributed by atoms with E-state index < -0.39 is 0 Å². The molecule has 2 aromatic carbocycles. The number of hydrogen-bond acceptors (Lipinski definition) is 4. The molecule has 0 aliphatic heterocycles. The van der Waals surface area contributed by atoms with Crippen molar-refractivity contribution < 1.29 is 4.74 Å². The molecule has 0 bridgehead atoms. The summed E-state index contributed by atoms with van der Waals surface area (Å²) in [6.45, 7) is 0.854. The van der Waals surface area contributed by atoms with Crippen molar-refractivity contribution in [2.24, 2.45) is 0 Å². The number of halogens is 3. The van der Waals surface area contributed by atoms with E-state index in [1.165, 1.54) is 0 Å². The van der Waals surface area contributed by atoms with Crippen molar-refractivity contribution in [3.05, 3.63) is 73.1 Å². The normalized spacial score (nSPS) is 10.7. The van der Waals surface area contributed by atoms with Gasteiger partial charge in [0.25, 0.3) is 0 Å². The predicted octanol–water partition coefficient (Wildman–Crippen LogP) is 5.33. The van der Waals surface area contributed by atoms with E-state index in [4.69, 9.17) is 40.2 Å². The minimum atomic E-state index is 0.343. The minimum absolute atomic E-state index is 0.343. The zero-order chi connectivity index (χ0) is 17.8. The number of hydrogen-bond donors (Lipinski definition) is 2. The van der Waals surface area contributed by atoms with Crippen LogP contribution in [-0.2, 0) is 13.2 Å². The van der Waals surface area contributed by atoms with E-state index in [1.54, 1.807) is 23.1 Å². The predicted molar refractivity (Wildman–Crippen MR) is 105 cm³/mol. The molecule has 1 heterocycles. The number of H-pyrrole nitrogens is 1. The lowest BCUT2D eigenvalue weighted by Gasteiger charge is -2.14. The Morgan fingerprint density at radius 2 is 2.04 bits per heavy atom. The summed E-state index contributed by atoms with van der Waals surface area (Å²) in [6, 6.07) is 11.1. The van der Waals surface area contributed by atoms with Crippen LogP contribution in [-0.4, -0.2) is 14.9 Å². The highest BCUT2D eigenvalue weighted by Gasteiger charge is 2.08. The average Bonchev–Trinajstić information content (AvgIpc) is 2.98. The van der Waals surface area contributed by atoms with Gasteiger partial charge in [-0.1, -0.05) is 45.2 Å².